The largest absolute Gasteiger partial charge is 0.493 e. The van der Waals surface area contributed by atoms with Gasteiger partial charge in [0.15, 0.2) is 11.5 Å². The lowest BCUT2D eigenvalue weighted by Gasteiger charge is -2.32. The summed E-state index contributed by atoms with van der Waals surface area (Å²) < 4.78 is 11.7. The van der Waals surface area contributed by atoms with Gasteiger partial charge in [-0.1, -0.05) is 6.07 Å². The van der Waals surface area contributed by atoms with Crippen molar-refractivity contribution in [3.05, 3.63) is 63.7 Å². The molecule has 2 aromatic carbocycles. The second-order valence-corrected chi connectivity index (χ2v) is 8.75. The van der Waals surface area contributed by atoms with Gasteiger partial charge in [0.25, 0.3) is 11.6 Å². The summed E-state index contributed by atoms with van der Waals surface area (Å²) in [5, 5.41) is 10.8. The van der Waals surface area contributed by atoms with Crippen molar-refractivity contribution in [2.75, 3.05) is 20.2 Å². The van der Waals surface area contributed by atoms with E-state index in [2.05, 4.69) is 12.1 Å². The molecule has 1 saturated carbocycles. The molecule has 0 aromatic heterocycles. The van der Waals surface area contributed by atoms with Crippen molar-refractivity contribution < 1.29 is 19.2 Å². The average molecular weight is 439 g/mol. The van der Waals surface area contributed by atoms with Gasteiger partial charge in [0.1, 0.15) is 0 Å². The molecule has 170 valence electrons. The van der Waals surface area contributed by atoms with Crippen LogP contribution >= 0.6 is 0 Å². The molecule has 0 radical (unpaired) electrons. The first-order valence-electron chi connectivity index (χ1n) is 11.4. The number of ether oxygens (including phenoxy) is 2. The minimum Gasteiger partial charge on any atom is -0.493 e. The predicted molar refractivity (Wildman–Crippen MR) is 121 cm³/mol. The van der Waals surface area contributed by atoms with Crippen molar-refractivity contribution in [3.8, 4) is 11.5 Å². The number of carbonyl (C=O) groups is 1. The molecule has 1 heterocycles. The van der Waals surface area contributed by atoms with Crippen LogP contribution in [-0.2, 0) is 6.42 Å². The van der Waals surface area contributed by atoms with Gasteiger partial charge in [0.2, 0.25) is 0 Å². The number of piperidine rings is 1. The minimum atomic E-state index is -0.455. The van der Waals surface area contributed by atoms with Crippen LogP contribution < -0.4 is 9.47 Å². The van der Waals surface area contributed by atoms with Crippen LogP contribution in [0, 0.1) is 16.0 Å². The molecule has 1 aliphatic heterocycles. The number of hydrogen-bond acceptors (Lipinski definition) is 5. The molecule has 7 heteroatoms. The molecule has 7 nitrogen and oxygen atoms in total. The fourth-order valence-corrected chi connectivity index (χ4v) is 4.71. The highest BCUT2D eigenvalue weighted by Crippen LogP contribution is 2.34. The molecule has 0 atom stereocenters. The molecule has 32 heavy (non-hydrogen) atoms. The topological polar surface area (TPSA) is 81.9 Å². The number of methoxy groups -OCH3 is 1. The van der Waals surface area contributed by atoms with Crippen molar-refractivity contribution in [1.82, 2.24) is 4.90 Å². The van der Waals surface area contributed by atoms with Gasteiger partial charge in [-0.15, -0.1) is 0 Å². The van der Waals surface area contributed by atoms with Gasteiger partial charge < -0.3 is 14.4 Å². The van der Waals surface area contributed by atoms with E-state index in [1.54, 1.807) is 7.11 Å². The fraction of sp³-hybridized carbons (Fsp3) is 0.480. The first-order chi connectivity index (χ1) is 15.5. The van der Waals surface area contributed by atoms with Crippen LogP contribution in [0.15, 0.2) is 42.5 Å². The highest BCUT2D eigenvalue weighted by Gasteiger charge is 2.25. The van der Waals surface area contributed by atoms with E-state index in [0.717, 1.165) is 43.6 Å². The maximum atomic E-state index is 12.8. The van der Waals surface area contributed by atoms with Crippen molar-refractivity contribution >= 4 is 11.6 Å². The molecular formula is C25H30N2O5. The minimum absolute atomic E-state index is 0.00368. The lowest BCUT2D eigenvalue weighted by Crippen LogP contribution is -2.38. The summed E-state index contributed by atoms with van der Waals surface area (Å²) in [5.41, 5.74) is 1.73. The summed E-state index contributed by atoms with van der Waals surface area (Å²) in [7, 11) is 1.67. The smallest absolute Gasteiger partial charge is 0.269 e. The van der Waals surface area contributed by atoms with Crippen LogP contribution in [0.5, 0.6) is 11.5 Å². The highest BCUT2D eigenvalue weighted by atomic mass is 16.6. The monoisotopic (exact) mass is 438 g/mol. The van der Waals surface area contributed by atoms with Gasteiger partial charge in [-0.25, -0.2) is 0 Å². The second kappa shape index (κ2) is 10.0. The Labute approximate surface area is 188 Å². The van der Waals surface area contributed by atoms with E-state index in [4.69, 9.17) is 9.47 Å². The van der Waals surface area contributed by atoms with E-state index in [1.165, 1.54) is 42.7 Å². The van der Waals surface area contributed by atoms with Crippen LogP contribution in [-0.4, -0.2) is 42.0 Å². The zero-order chi connectivity index (χ0) is 22.5. The quantitative estimate of drug-likeness (QED) is 0.448. The zero-order valence-electron chi connectivity index (χ0n) is 18.5. The molecular weight excluding hydrogens is 408 g/mol. The number of rotatable bonds is 7. The van der Waals surface area contributed by atoms with E-state index >= 15 is 0 Å². The predicted octanol–water partition coefficient (Wildman–Crippen LogP) is 5.02. The first-order valence-corrected chi connectivity index (χ1v) is 11.4. The van der Waals surface area contributed by atoms with E-state index in [-0.39, 0.29) is 17.7 Å². The number of nitro groups is 1. The Hall–Kier alpha value is -3.09. The Balaban J connectivity index is 1.33. The molecule has 2 aliphatic rings. The fourth-order valence-electron chi connectivity index (χ4n) is 4.71. The number of likely N-dealkylation sites (tertiary alicyclic amines) is 1. The highest BCUT2D eigenvalue weighted by molar-refractivity contribution is 5.94. The third-order valence-corrected chi connectivity index (χ3v) is 6.58. The molecule has 0 N–H and O–H groups in total. The maximum Gasteiger partial charge on any atom is 0.269 e. The van der Waals surface area contributed by atoms with E-state index in [9.17, 15) is 14.9 Å². The maximum absolute atomic E-state index is 12.8. The van der Waals surface area contributed by atoms with Crippen LogP contribution in [0.25, 0.3) is 0 Å². The molecule has 1 saturated heterocycles. The molecule has 1 aliphatic carbocycles. The summed E-state index contributed by atoms with van der Waals surface area (Å²) in [5.74, 6) is 2.06. The Bertz CT molecular complexity index is 945. The van der Waals surface area contributed by atoms with Crippen LogP contribution in [0.1, 0.15) is 54.4 Å². The molecule has 0 spiro atoms. The van der Waals surface area contributed by atoms with Gasteiger partial charge in [0, 0.05) is 30.8 Å². The number of benzene rings is 2. The van der Waals surface area contributed by atoms with E-state index < -0.39 is 4.92 Å². The lowest BCUT2D eigenvalue weighted by atomic mass is 9.90. The molecule has 0 unspecified atom stereocenters. The first kappa shape index (κ1) is 22.1. The number of amides is 1. The summed E-state index contributed by atoms with van der Waals surface area (Å²) >= 11 is 0. The van der Waals surface area contributed by atoms with Crippen molar-refractivity contribution in [1.29, 1.82) is 0 Å². The Morgan fingerprint density at radius 3 is 2.34 bits per heavy atom. The van der Waals surface area contributed by atoms with E-state index in [0.29, 0.717) is 24.6 Å². The standard InChI is InChI=1S/C25H30N2O5/c1-31-23-11-6-19(17-24(23)32-22-4-2-3-5-22)16-18-12-14-26(15-13-18)25(28)20-7-9-21(10-8-20)27(29)30/h6-11,17-18,22H,2-5,12-16H2,1H3. The summed E-state index contributed by atoms with van der Waals surface area (Å²) in [6, 6.07) is 12.1. The van der Waals surface area contributed by atoms with Crippen molar-refractivity contribution in [2.45, 2.75) is 51.0 Å². The van der Waals surface area contributed by atoms with Crippen molar-refractivity contribution in [3.63, 3.8) is 0 Å². The Kier molecular flexibility index (Phi) is 6.93. The van der Waals surface area contributed by atoms with Crippen LogP contribution in [0.3, 0.4) is 0 Å². The van der Waals surface area contributed by atoms with Gasteiger partial charge in [0.05, 0.1) is 18.1 Å². The van der Waals surface area contributed by atoms with Gasteiger partial charge in [-0.05, 0) is 80.7 Å². The van der Waals surface area contributed by atoms with Crippen molar-refractivity contribution in [2.24, 2.45) is 5.92 Å². The lowest BCUT2D eigenvalue weighted by molar-refractivity contribution is -0.384. The Morgan fingerprint density at radius 2 is 1.72 bits per heavy atom. The summed E-state index contributed by atoms with van der Waals surface area (Å²) in [6.07, 6.45) is 7.77. The molecule has 2 aromatic rings. The van der Waals surface area contributed by atoms with Gasteiger partial charge in [-0.3, -0.25) is 14.9 Å². The third-order valence-electron chi connectivity index (χ3n) is 6.58. The summed E-state index contributed by atoms with van der Waals surface area (Å²) in [6.45, 7) is 1.39. The van der Waals surface area contributed by atoms with Gasteiger partial charge in [-0.2, -0.15) is 0 Å². The zero-order valence-corrected chi connectivity index (χ0v) is 18.5. The number of non-ortho nitro benzene ring substituents is 1. The van der Waals surface area contributed by atoms with Gasteiger partial charge >= 0.3 is 0 Å². The van der Waals surface area contributed by atoms with E-state index in [1.807, 2.05) is 11.0 Å². The molecule has 0 bridgehead atoms. The Morgan fingerprint density at radius 1 is 1.03 bits per heavy atom. The van der Waals surface area contributed by atoms with Crippen LogP contribution in [0.2, 0.25) is 0 Å². The summed E-state index contributed by atoms with van der Waals surface area (Å²) in [4.78, 5) is 25.0. The number of nitro benzene ring substituents is 1. The average Bonchev–Trinajstić information content (AvgIpc) is 3.32. The van der Waals surface area contributed by atoms with Crippen LogP contribution in [0.4, 0.5) is 5.69 Å². The number of hydrogen-bond donors (Lipinski definition) is 0. The normalized spacial score (nSPS) is 17.3. The number of carbonyl (C=O) groups excluding carboxylic acids is 1. The SMILES string of the molecule is COc1ccc(CC2CCN(C(=O)c3ccc([N+](=O)[O-])cc3)CC2)cc1OC1CCCC1. The second-order valence-electron chi connectivity index (χ2n) is 8.75. The third kappa shape index (κ3) is 5.21. The number of nitrogens with zero attached hydrogens (tertiary/aromatic N) is 2. The molecule has 2 fully saturated rings. The molecule has 1 amide bonds. The molecule has 4 rings (SSSR count).